The molecule has 0 aliphatic carbocycles. The van der Waals surface area contributed by atoms with Gasteiger partial charge in [-0.25, -0.2) is 0 Å². The topological polar surface area (TPSA) is 98.8 Å². The Labute approximate surface area is 118 Å². The molecule has 0 bridgehead atoms. The predicted octanol–water partition coefficient (Wildman–Crippen LogP) is 0.251. The molecule has 6 nitrogen and oxygen atoms in total. The zero-order chi connectivity index (χ0) is 14.5. The van der Waals surface area contributed by atoms with Gasteiger partial charge in [0.15, 0.2) is 0 Å². The molecule has 1 aliphatic rings. The van der Waals surface area contributed by atoms with Crippen LogP contribution in [0.25, 0.3) is 0 Å². The fourth-order valence-corrected chi connectivity index (χ4v) is 2.48. The van der Waals surface area contributed by atoms with E-state index in [-0.39, 0.29) is 29.0 Å². The molecule has 20 heavy (non-hydrogen) atoms. The highest BCUT2D eigenvalue weighted by Gasteiger charge is 2.21. The van der Waals surface area contributed by atoms with Gasteiger partial charge in [0.25, 0.3) is 5.91 Å². The second kappa shape index (κ2) is 6.58. The van der Waals surface area contributed by atoms with Gasteiger partial charge in [0.2, 0.25) is 0 Å². The van der Waals surface area contributed by atoms with E-state index in [0.29, 0.717) is 6.54 Å². The summed E-state index contributed by atoms with van der Waals surface area (Å²) in [6.45, 7) is 3.39. The quantitative estimate of drug-likeness (QED) is 0.633. The number of benzene rings is 1. The molecule has 0 aromatic heterocycles. The number of hydrogen-bond acceptors (Lipinski definition) is 5. The lowest BCUT2D eigenvalue weighted by atomic mass is 10.0. The van der Waals surface area contributed by atoms with Crippen molar-refractivity contribution in [2.75, 3.05) is 26.2 Å². The molecule has 0 radical (unpaired) electrons. The molecule has 2 rings (SSSR count). The number of phenols is 2. The Hall–Kier alpha value is -1.79. The molecule has 1 aliphatic heterocycles. The Morgan fingerprint density at radius 3 is 2.40 bits per heavy atom. The summed E-state index contributed by atoms with van der Waals surface area (Å²) in [5.41, 5.74) is 5.79. The lowest BCUT2D eigenvalue weighted by Gasteiger charge is -2.32. The Kier molecular flexibility index (Phi) is 4.81. The summed E-state index contributed by atoms with van der Waals surface area (Å²) in [7, 11) is 0. The monoisotopic (exact) mass is 279 g/mol. The van der Waals surface area contributed by atoms with Gasteiger partial charge in [0.1, 0.15) is 11.5 Å². The van der Waals surface area contributed by atoms with Crippen molar-refractivity contribution in [1.82, 2.24) is 10.2 Å². The van der Waals surface area contributed by atoms with Crippen LogP contribution in [0.4, 0.5) is 0 Å². The van der Waals surface area contributed by atoms with Crippen LogP contribution in [-0.4, -0.2) is 53.2 Å². The first-order valence-corrected chi connectivity index (χ1v) is 6.85. The van der Waals surface area contributed by atoms with Crippen LogP contribution in [0, 0.1) is 0 Å². The van der Waals surface area contributed by atoms with Crippen molar-refractivity contribution in [3.63, 3.8) is 0 Å². The zero-order valence-corrected chi connectivity index (χ0v) is 11.4. The molecule has 1 aromatic rings. The number of aromatic hydroxyl groups is 2. The van der Waals surface area contributed by atoms with Crippen molar-refractivity contribution in [3.05, 3.63) is 23.8 Å². The Balaban J connectivity index is 1.89. The molecule has 0 spiro atoms. The summed E-state index contributed by atoms with van der Waals surface area (Å²) in [5.74, 6) is -0.505. The fourth-order valence-electron chi connectivity index (χ4n) is 2.48. The number of rotatable bonds is 4. The highest BCUT2D eigenvalue weighted by molar-refractivity contribution is 5.95. The summed E-state index contributed by atoms with van der Waals surface area (Å²) in [6, 6.07) is 4.01. The first-order valence-electron chi connectivity index (χ1n) is 6.85. The SMILES string of the molecule is NCCN1CCC(NC(=O)c2cc(O)cc(O)c2)CC1. The summed E-state index contributed by atoms with van der Waals surface area (Å²) in [4.78, 5) is 14.3. The number of hydrogen-bond donors (Lipinski definition) is 4. The Morgan fingerprint density at radius 2 is 1.85 bits per heavy atom. The second-order valence-corrected chi connectivity index (χ2v) is 5.12. The molecule has 1 aromatic carbocycles. The fraction of sp³-hybridized carbons (Fsp3) is 0.500. The third kappa shape index (κ3) is 3.85. The third-order valence-electron chi connectivity index (χ3n) is 3.53. The van der Waals surface area contributed by atoms with Gasteiger partial charge in [-0.3, -0.25) is 4.79 Å². The van der Waals surface area contributed by atoms with Gasteiger partial charge >= 0.3 is 0 Å². The number of nitrogens with zero attached hydrogens (tertiary/aromatic N) is 1. The van der Waals surface area contributed by atoms with E-state index in [1.807, 2.05) is 0 Å². The summed E-state index contributed by atoms with van der Waals surface area (Å²) < 4.78 is 0. The van der Waals surface area contributed by atoms with Crippen molar-refractivity contribution in [2.45, 2.75) is 18.9 Å². The Bertz CT molecular complexity index is 450. The van der Waals surface area contributed by atoms with E-state index in [1.54, 1.807) is 0 Å². The number of carbonyl (C=O) groups excluding carboxylic acids is 1. The van der Waals surface area contributed by atoms with E-state index < -0.39 is 0 Å². The molecule has 110 valence electrons. The number of nitrogens with two attached hydrogens (primary N) is 1. The summed E-state index contributed by atoms with van der Waals surface area (Å²) in [5, 5.41) is 21.7. The van der Waals surface area contributed by atoms with Crippen LogP contribution in [0.1, 0.15) is 23.2 Å². The average molecular weight is 279 g/mol. The van der Waals surface area contributed by atoms with E-state index in [1.165, 1.54) is 18.2 Å². The van der Waals surface area contributed by atoms with Gasteiger partial charge < -0.3 is 26.2 Å². The van der Waals surface area contributed by atoms with Crippen molar-refractivity contribution in [1.29, 1.82) is 0 Å². The molecular weight excluding hydrogens is 258 g/mol. The minimum atomic E-state index is -0.270. The molecule has 1 saturated heterocycles. The average Bonchev–Trinajstić information content (AvgIpc) is 2.40. The van der Waals surface area contributed by atoms with Gasteiger partial charge in [0.05, 0.1) is 0 Å². The number of amides is 1. The van der Waals surface area contributed by atoms with E-state index in [0.717, 1.165) is 32.5 Å². The molecule has 1 amide bonds. The largest absolute Gasteiger partial charge is 0.508 e. The highest BCUT2D eigenvalue weighted by atomic mass is 16.3. The van der Waals surface area contributed by atoms with Crippen LogP contribution in [0.5, 0.6) is 11.5 Å². The van der Waals surface area contributed by atoms with Crippen LogP contribution in [0.15, 0.2) is 18.2 Å². The van der Waals surface area contributed by atoms with Crippen LogP contribution >= 0.6 is 0 Å². The van der Waals surface area contributed by atoms with Gasteiger partial charge in [-0.05, 0) is 25.0 Å². The van der Waals surface area contributed by atoms with Crippen LogP contribution in [0.2, 0.25) is 0 Å². The van der Waals surface area contributed by atoms with Crippen molar-refractivity contribution in [2.24, 2.45) is 5.73 Å². The summed E-state index contributed by atoms with van der Waals surface area (Å²) in [6.07, 6.45) is 1.77. The van der Waals surface area contributed by atoms with Crippen molar-refractivity contribution < 1.29 is 15.0 Å². The molecule has 6 heteroatoms. The number of nitrogens with one attached hydrogen (secondary N) is 1. The van der Waals surface area contributed by atoms with E-state index in [2.05, 4.69) is 10.2 Å². The molecule has 0 unspecified atom stereocenters. The molecule has 0 atom stereocenters. The maximum Gasteiger partial charge on any atom is 0.251 e. The summed E-state index contributed by atoms with van der Waals surface area (Å²) >= 11 is 0. The molecule has 0 saturated carbocycles. The van der Waals surface area contributed by atoms with Gasteiger partial charge in [-0.15, -0.1) is 0 Å². The molecule has 1 fully saturated rings. The van der Waals surface area contributed by atoms with E-state index in [4.69, 9.17) is 5.73 Å². The van der Waals surface area contributed by atoms with Crippen molar-refractivity contribution in [3.8, 4) is 11.5 Å². The predicted molar refractivity (Wildman–Crippen MR) is 75.8 cm³/mol. The minimum Gasteiger partial charge on any atom is -0.508 e. The molecular formula is C14H21N3O3. The smallest absolute Gasteiger partial charge is 0.251 e. The second-order valence-electron chi connectivity index (χ2n) is 5.12. The highest BCUT2D eigenvalue weighted by Crippen LogP contribution is 2.20. The number of phenolic OH excluding ortho intramolecular Hbond substituents is 2. The maximum atomic E-state index is 12.1. The van der Waals surface area contributed by atoms with Crippen molar-refractivity contribution >= 4 is 5.91 Å². The lowest BCUT2D eigenvalue weighted by molar-refractivity contribution is 0.0911. The molecule has 5 N–H and O–H groups in total. The Morgan fingerprint density at radius 1 is 1.25 bits per heavy atom. The lowest BCUT2D eigenvalue weighted by Crippen LogP contribution is -2.45. The number of piperidine rings is 1. The van der Waals surface area contributed by atoms with Crippen LogP contribution < -0.4 is 11.1 Å². The normalized spacial score (nSPS) is 17.1. The van der Waals surface area contributed by atoms with Crippen LogP contribution in [0.3, 0.4) is 0 Å². The number of carbonyl (C=O) groups is 1. The van der Waals surface area contributed by atoms with E-state index >= 15 is 0 Å². The third-order valence-corrected chi connectivity index (χ3v) is 3.53. The zero-order valence-electron chi connectivity index (χ0n) is 11.4. The minimum absolute atomic E-state index is 0.118. The van der Waals surface area contributed by atoms with Gasteiger partial charge in [0, 0.05) is 43.9 Å². The first kappa shape index (κ1) is 14.6. The molecule has 1 heterocycles. The maximum absolute atomic E-state index is 12.1. The number of likely N-dealkylation sites (tertiary alicyclic amines) is 1. The van der Waals surface area contributed by atoms with Crippen LogP contribution in [-0.2, 0) is 0 Å². The van der Waals surface area contributed by atoms with Gasteiger partial charge in [-0.2, -0.15) is 0 Å². The van der Waals surface area contributed by atoms with E-state index in [9.17, 15) is 15.0 Å². The van der Waals surface area contributed by atoms with Gasteiger partial charge in [-0.1, -0.05) is 0 Å². The standard InChI is InChI=1S/C14H21N3O3/c15-3-6-17-4-1-11(2-5-17)16-14(20)10-7-12(18)9-13(19)8-10/h7-9,11,18-19H,1-6,15H2,(H,16,20). The first-order chi connectivity index (χ1) is 9.58.